The molecule has 1 saturated heterocycles. The summed E-state index contributed by atoms with van der Waals surface area (Å²) >= 11 is 0. The fourth-order valence-electron chi connectivity index (χ4n) is 3.17. The fourth-order valence-corrected chi connectivity index (χ4v) is 4.18. The predicted molar refractivity (Wildman–Crippen MR) is 74.8 cm³/mol. The SMILES string of the molecule is CC(CS(C)(=O)=O)NC1CC(=O)N(C2CCCC2)C1=O. The van der Waals surface area contributed by atoms with Gasteiger partial charge in [-0.05, 0) is 19.8 Å². The quantitative estimate of drug-likeness (QED) is 0.727. The lowest BCUT2D eigenvalue weighted by atomic mass is 10.2. The number of hydrogen-bond donors (Lipinski definition) is 1. The molecule has 0 aromatic heterocycles. The molecule has 2 rings (SSSR count). The first-order valence-electron chi connectivity index (χ1n) is 7.07. The zero-order valence-corrected chi connectivity index (χ0v) is 12.8. The fraction of sp³-hybridized carbons (Fsp3) is 0.846. The van der Waals surface area contributed by atoms with Gasteiger partial charge in [0.1, 0.15) is 9.84 Å². The van der Waals surface area contributed by atoms with Crippen LogP contribution in [0.5, 0.6) is 0 Å². The second kappa shape index (κ2) is 5.81. The van der Waals surface area contributed by atoms with Crippen molar-refractivity contribution in [2.24, 2.45) is 0 Å². The molecule has 114 valence electrons. The van der Waals surface area contributed by atoms with Crippen LogP contribution in [0.25, 0.3) is 0 Å². The predicted octanol–water partition coefficient (Wildman–Crippen LogP) is 0.0792. The van der Waals surface area contributed by atoms with Crippen molar-refractivity contribution < 1.29 is 18.0 Å². The Balaban J connectivity index is 1.97. The molecule has 0 spiro atoms. The van der Waals surface area contributed by atoms with Gasteiger partial charge in [0, 0.05) is 18.3 Å². The summed E-state index contributed by atoms with van der Waals surface area (Å²) in [5.74, 6) is -0.359. The molecule has 7 heteroatoms. The van der Waals surface area contributed by atoms with Crippen LogP contribution in [0, 0.1) is 0 Å². The van der Waals surface area contributed by atoms with Crippen molar-refractivity contribution in [3.8, 4) is 0 Å². The number of nitrogens with one attached hydrogen (secondary N) is 1. The second-order valence-electron chi connectivity index (χ2n) is 5.96. The van der Waals surface area contributed by atoms with Gasteiger partial charge in [0.2, 0.25) is 11.8 Å². The van der Waals surface area contributed by atoms with Gasteiger partial charge in [0.25, 0.3) is 0 Å². The van der Waals surface area contributed by atoms with E-state index in [1.807, 2.05) is 0 Å². The first-order chi connectivity index (χ1) is 9.28. The number of rotatable bonds is 5. The highest BCUT2D eigenvalue weighted by atomic mass is 32.2. The summed E-state index contributed by atoms with van der Waals surface area (Å²) in [6.45, 7) is 1.72. The van der Waals surface area contributed by atoms with Crippen LogP contribution in [-0.4, -0.2) is 55.3 Å². The topological polar surface area (TPSA) is 83.6 Å². The van der Waals surface area contributed by atoms with Crippen molar-refractivity contribution in [2.45, 2.75) is 57.2 Å². The van der Waals surface area contributed by atoms with E-state index in [-0.39, 0.29) is 36.1 Å². The summed E-state index contributed by atoms with van der Waals surface area (Å²) < 4.78 is 22.5. The largest absolute Gasteiger partial charge is 0.302 e. The molecule has 0 bridgehead atoms. The maximum Gasteiger partial charge on any atom is 0.247 e. The maximum atomic E-state index is 12.3. The van der Waals surface area contributed by atoms with E-state index in [1.165, 1.54) is 4.90 Å². The molecule has 2 unspecified atom stereocenters. The Hall–Kier alpha value is -0.950. The lowest BCUT2D eigenvalue weighted by Gasteiger charge is -2.23. The molecule has 0 radical (unpaired) electrons. The number of nitrogens with zero attached hydrogens (tertiary/aromatic N) is 1. The summed E-state index contributed by atoms with van der Waals surface area (Å²) in [5, 5.41) is 2.98. The average molecular weight is 302 g/mol. The minimum atomic E-state index is -3.10. The zero-order valence-electron chi connectivity index (χ0n) is 12.0. The molecule has 2 aliphatic rings. The molecule has 20 heavy (non-hydrogen) atoms. The highest BCUT2D eigenvalue weighted by Gasteiger charge is 2.43. The Morgan fingerprint density at radius 2 is 1.90 bits per heavy atom. The summed E-state index contributed by atoms with van der Waals surface area (Å²) in [5.41, 5.74) is 0. The monoisotopic (exact) mass is 302 g/mol. The van der Waals surface area contributed by atoms with Gasteiger partial charge in [0.15, 0.2) is 0 Å². The standard InChI is InChI=1S/C13H22N2O4S/c1-9(8-20(2,18)19)14-11-7-12(16)15(13(11)17)10-5-3-4-6-10/h9-11,14H,3-8H2,1-2H3. The molecule has 1 heterocycles. The summed E-state index contributed by atoms with van der Waals surface area (Å²) in [7, 11) is -3.10. The van der Waals surface area contributed by atoms with Gasteiger partial charge >= 0.3 is 0 Å². The van der Waals surface area contributed by atoms with Crippen LogP contribution in [-0.2, 0) is 19.4 Å². The third-order valence-corrected chi connectivity index (χ3v) is 5.02. The van der Waals surface area contributed by atoms with Gasteiger partial charge in [-0.2, -0.15) is 0 Å². The molecule has 2 fully saturated rings. The van der Waals surface area contributed by atoms with E-state index < -0.39 is 15.9 Å². The molecular formula is C13H22N2O4S. The van der Waals surface area contributed by atoms with E-state index in [0.717, 1.165) is 31.9 Å². The number of amides is 2. The third-order valence-electron chi connectivity index (χ3n) is 3.91. The van der Waals surface area contributed by atoms with E-state index >= 15 is 0 Å². The van der Waals surface area contributed by atoms with Gasteiger partial charge in [-0.15, -0.1) is 0 Å². The van der Waals surface area contributed by atoms with Gasteiger partial charge in [-0.1, -0.05) is 12.8 Å². The van der Waals surface area contributed by atoms with E-state index in [9.17, 15) is 18.0 Å². The highest BCUT2D eigenvalue weighted by Crippen LogP contribution is 2.28. The number of imide groups is 1. The van der Waals surface area contributed by atoms with Crippen LogP contribution in [0.15, 0.2) is 0 Å². The molecule has 1 aliphatic carbocycles. The molecule has 0 aromatic carbocycles. The van der Waals surface area contributed by atoms with Gasteiger partial charge in [-0.3, -0.25) is 14.5 Å². The van der Waals surface area contributed by atoms with Gasteiger partial charge < -0.3 is 5.32 Å². The van der Waals surface area contributed by atoms with Crippen LogP contribution in [0.4, 0.5) is 0 Å². The van der Waals surface area contributed by atoms with Crippen molar-refractivity contribution in [3.05, 3.63) is 0 Å². The smallest absolute Gasteiger partial charge is 0.247 e. The third kappa shape index (κ3) is 3.58. The Morgan fingerprint density at radius 1 is 1.30 bits per heavy atom. The average Bonchev–Trinajstić information content (AvgIpc) is 2.86. The molecule has 1 saturated carbocycles. The molecule has 2 atom stereocenters. The number of likely N-dealkylation sites (tertiary alicyclic amines) is 1. The summed E-state index contributed by atoms with van der Waals surface area (Å²) in [6, 6.07) is -0.859. The van der Waals surface area contributed by atoms with E-state index in [1.54, 1.807) is 6.92 Å². The molecule has 6 nitrogen and oxygen atoms in total. The van der Waals surface area contributed by atoms with Crippen LogP contribution < -0.4 is 5.32 Å². The van der Waals surface area contributed by atoms with Crippen LogP contribution in [0.2, 0.25) is 0 Å². The lowest BCUT2D eigenvalue weighted by molar-refractivity contribution is -0.141. The van der Waals surface area contributed by atoms with Crippen LogP contribution in [0.3, 0.4) is 0 Å². The van der Waals surface area contributed by atoms with Crippen molar-refractivity contribution in [1.29, 1.82) is 0 Å². The number of hydrogen-bond acceptors (Lipinski definition) is 5. The number of carbonyl (C=O) groups is 2. The maximum absolute atomic E-state index is 12.3. The van der Waals surface area contributed by atoms with Gasteiger partial charge in [-0.25, -0.2) is 8.42 Å². The number of carbonyl (C=O) groups excluding carboxylic acids is 2. The highest BCUT2D eigenvalue weighted by molar-refractivity contribution is 7.90. The molecular weight excluding hydrogens is 280 g/mol. The van der Waals surface area contributed by atoms with E-state index in [4.69, 9.17) is 0 Å². The Morgan fingerprint density at radius 3 is 2.45 bits per heavy atom. The molecule has 2 amide bonds. The Kier molecular flexibility index (Phi) is 4.49. The number of sulfone groups is 1. The minimum Gasteiger partial charge on any atom is -0.302 e. The molecule has 0 aromatic rings. The van der Waals surface area contributed by atoms with Crippen LogP contribution >= 0.6 is 0 Å². The van der Waals surface area contributed by atoms with E-state index in [2.05, 4.69) is 5.32 Å². The molecule has 1 aliphatic heterocycles. The van der Waals surface area contributed by atoms with Crippen molar-refractivity contribution in [1.82, 2.24) is 10.2 Å². The Labute approximate surface area is 119 Å². The zero-order chi connectivity index (χ0) is 14.9. The first-order valence-corrected chi connectivity index (χ1v) is 9.13. The van der Waals surface area contributed by atoms with Crippen molar-refractivity contribution in [3.63, 3.8) is 0 Å². The van der Waals surface area contributed by atoms with Crippen molar-refractivity contribution in [2.75, 3.05) is 12.0 Å². The summed E-state index contributed by atoms with van der Waals surface area (Å²) in [4.78, 5) is 25.7. The second-order valence-corrected chi connectivity index (χ2v) is 8.14. The van der Waals surface area contributed by atoms with Gasteiger partial charge in [0.05, 0.1) is 18.2 Å². The Bertz CT molecular complexity index is 497. The van der Waals surface area contributed by atoms with Crippen LogP contribution in [0.1, 0.15) is 39.0 Å². The normalized spacial score (nSPS) is 26.5. The lowest BCUT2D eigenvalue weighted by Crippen LogP contribution is -2.46. The summed E-state index contributed by atoms with van der Waals surface area (Å²) in [6.07, 6.45) is 5.21. The van der Waals surface area contributed by atoms with E-state index in [0.29, 0.717) is 0 Å². The molecule has 1 N–H and O–H groups in total. The first kappa shape index (κ1) is 15.4. The minimum absolute atomic E-state index is 0.0333. The van der Waals surface area contributed by atoms with Crippen molar-refractivity contribution >= 4 is 21.7 Å².